The molecule has 5 rings (SSSR count). The van der Waals surface area contributed by atoms with E-state index in [1.165, 1.54) is 16.9 Å². The van der Waals surface area contributed by atoms with E-state index in [2.05, 4.69) is 103 Å². The Kier molecular flexibility index (Phi) is 3.50. The normalized spacial score (nSPS) is 29.4. The molecule has 136 valence electrons. The van der Waals surface area contributed by atoms with Gasteiger partial charge in [0.25, 0.3) is 0 Å². The van der Waals surface area contributed by atoms with E-state index >= 15 is 0 Å². The second kappa shape index (κ2) is 6.16. The Morgan fingerprint density at radius 2 is 1.37 bits per heavy atom. The molecule has 3 aromatic rings. The fourth-order valence-corrected chi connectivity index (χ4v) is 5.13. The van der Waals surface area contributed by atoms with Crippen molar-refractivity contribution in [1.29, 1.82) is 0 Å². The summed E-state index contributed by atoms with van der Waals surface area (Å²) < 4.78 is 9.79. The van der Waals surface area contributed by atoms with Gasteiger partial charge in [0.2, 0.25) is 0 Å². The van der Waals surface area contributed by atoms with Crippen molar-refractivity contribution in [3.63, 3.8) is 0 Å². The van der Waals surface area contributed by atoms with E-state index in [0.29, 0.717) is 0 Å². The first-order valence-electron chi connectivity index (χ1n) is 10.3. The van der Waals surface area contributed by atoms with Crippen molar-refractivity contribution >= 4 is 11.4 Å². The molecule has 3 aromatic carbocycles. The molecule has 1 fully saturated rings. The summed E-state index contributed by atoms with van der Waals surface area (Å²) in [6, 6.07) is 27.7. The minimum absolute atomic E-state index is 0.0573. The number of hydrogen-bond acceptors (Lipinski definition) is 2. The molecular formula is C25H26N2. The van der Waals surface area contributed by atoms with Crippen molar-refractivity contribution < 1.29 is 1.37 Å². The monoisotopic (exact) mass is 355 g/mol. The third-order valence-corrected chi connectivity index (χ3v) is 6.25. The van der Waals surface area contributed by atoms with Gasteiger partial charge in [0.1, 0.15) is 0 Å². The van der Waals surface area contributed by atoms with Crippen LogP contribution in [-0.4, -0.2) is 18.2 Å². The number of aryl methyl sites for hydroxylation is 1. The highest BCUT2D eigenvalue weighted by atomic mass is 15.5. The molecule has 0 aliphatic carbocycles. The number of benzene rings is 3. The van der Waals surface area contributed by atoms with E-state index in [4.69, 9.17) is 0 Å². The summed E-state index contributed by atoms with van der Waals surface area (Å²) in [6.45, 7) is 6.74. The van der Waals surface area contributed by atoms with E-state index in [1.54, 1.807) is 0 Å². The third-order valence-electron chi connectivity index (χ3n) is 6.25. The van der Waals surface area contributed by atoms with Gasteiger partial charge in [-0.05, 0) is 49.6 Å². The van der Waals surface area contributed by atoms with Crippen LogP contribution in [0.25, 0.3) is 0 Å². The van der Waals surface area contributed by atoms with Crippen LogP contribution in [0.2, 0.25) is 0 Å². The van der Waals surface area contributed by atoms with Crippen LogP contribution in [0.15, 0.2) is 78.9 Å². The molecule has 0 bridgehead atoms. The van der Waals surface area contributed by atoms with Gasteiger partial charge < -0.3 is 9.80 Å². The molecule has 0 saturated carbocycles. The van der Waals surface area contributed by atoms with Crippen LogP contribution in [-0.2, 0) is 0 Å². The van der Waals surface area contributed by atoms with Crippen molar-refractivity contribution in [1.82, 2.24) is 0 Å². The summed E-state index contributed by atoms with van der Waals surface area (Å²) in [5.41, 5.74) is 5.94. The Bertz CT molecular complexity index is 1020. The van der Waals surface area contributed by atoms with Crippen molar-refractivity contribution in [3.8, 4) is 0 Å². The number of hydrogen-bond donors (Lipinski definition) is 0. The van der Waals surface area contributed by atoms with E-state index < -0.39 is 5.89 Å². The number of fused-ring (bicyclic) bond motifs is 3. The van der Waals surface area contributed by atoms with Gasteiger partial charge in [-0.25, -0.2) is 0 Å². The number of anilines is 2. The summed E-state index contributed by atoms with van der Waals surface area (Å²) in [4.78, 5) is 4.98. The number of nitrogens with zero attached hydrogens (tertiary/aromatic N) is 2. The van der Waals surface area contributed by atoms with E-state index in [1.807, 2.05) is 6.07 Å². The molecule has 0 N–H and O–H groups in total. The van der Waals surface area contributed by atoms with Crippen molar-refractivity contribution in [2.75, 3.05) is 9.80 Å². The summed E-state index contributed by atoms with van der Waals surface area (Å²) in [7, 11) is 0. The molecule has 2 aliphatic rings. The SMILES string of the molecule is [2H]C1(c2ccccc2)c2ccccc2N2C(C)N(c3ccccc3C)[C@@H](C)C21. The Hall–Kier alpha value is -2.74. The maximum Gasteiger partial charge on any atom is 0.0994 e. The molecule has 0 radical (unpaired) electrons. The molecular weight excluding hydrogens is 328 g/mol. The van der Waals surface area contributed by atoms with Gasteiger partial charge in [0, 0.05) is 24.7 Å². The third kappa shape index (κ3) is 2.32. The van der Waals surface area contributed by atoms with Crippen molar-refractivity contribution in [2.24, 2.45) is 0 Å². The maximum atomic E-state index is 9.79. The molecule has 2 heteroatoms. The van der Waals surface area contributed by atoms with E-state index in [9.17, 15) is 1.37 Å². The smallest absolute Gasteiger partial charge is 0.0994 e. The zero-order valence-electron chi connectivity index (χ0n) is 17.1. The van der Waals surface area contributed by atoms with E-state index in [-0.39, 0.29) is 18.2 Å². The van der Waals surface area contributed by atoms with Crippen LogP contribution in [0.5, 0.6) is 0 Å². The lowest BCUT2D eigenvalue weighted by atomic mass is 9.85. The Balaban J connectivity index is 1.72. The van der Waals surface area contributed by atoms with Gasteiger partial charge in [0.05, 0.1) is 12.2 Å². The average molecular weight is 356 g/mol. The molecule has 1 saturated heterocycles. The molecule has 0 aromatic heterocycles. The molecule has 27 heavy (non-hydrogen) atoms. The van der Waals surface area contributed by atoms with Gasteiger partial charge >= 0.3 is 0 Å². The summed E-state index contributed by atoms with van der Waals surface area (Å²) in [6.07, 6.45) is 0.193. The van der Waals surface area contributed by atoms with Gasteiger partial charge in [-0.1, -0.05) is 66.7 Å². The number of rotatable bonds is 2. The van der Waals surface area contributed by atoms with Crippen molar-refractivity contribution in [2.45, 2.75) is 44.9 Å². The van der Waals surface area contributed by atoms with Crippen LogP contribution in [0, 0.1) is 6.92 Å². The highest BCUT2D eigenvalue weighted by Crippen LogP contribution is 2.52. The minimum Gasteiger partial charge on any atom is -0.346 e. The standard InChI is InChI=1S/C25H26N2/c1-17-11-7-9-15-22(17)26-18(2)25-24(20-12-5-4-6-13-20)21-14-8-10-16-23(21)27(25)19(26)3/h4-16,18-19,24-25H,1-3H3/t18-,19?,24?,25?/m0/s1/i24D. The van der Waals surface area contributed by atoms with Crippen LogP contribution >= 0.6 is 0 Å². The largest absolute Gasteiger partial charge is 0.346 e. The lowest BCUT2D eigenvalue weighted by Crippen LogP contribution is -2.38. The highest BCUT2D eigenvalue weighted by Gasteiger charge is 2.52. The molecule has 3 unspecified atom stereocenters. The maximum absolute atomic E-state index is 9.79. The summed E-state index contributed by atoms with van der Waals surface area (Å²) >= 11 is 0. The predicted octanol–water partition coefficient (Wildman–Crippen LogP) is 5.57. The second-order valence-electron chi connectivity index (χ2n) is 7.72. The molecule has 0 spiro atoms. The number of para-hydroxylation sites is 2. The zero-order valence-corrected chi connectivity index (χ0v) is 16.1. The minimum atomic E-state index is -0.789. The average Bonchev–Trinajstić information content (AvgIpc) is 3.15. The fourth-order valence-electron chi connectivity index (χ4n) is 5.13. The quantitative estimate of drug-likeness (QED) is 0.593. The Morgan fingerprint density at radius 3 is 2.11 bits per heavy atom. The van der Waals surface area contributed by atoms with Gasteiger partial charge in [-0.3, -0.25) is 0 Å². The van der Waals surface area contributed by atoms with E-state index in [0.717, 1.165) is 11.1 Å². The van der Waals surface area contributed by atoms with Gasteiger partial charge in [0.15, 0.2) is 0 Å². The van der Waals surface area contributed by atoms with Gasteiger partial charge in [-0.2, -0.15) is 0 Å². The molecule has 2 nitrogen and oxygen atoms in total. The predicted molar refractivity (Wildman–Crippen MR) is 114 cm³/mol. The van der Waals surface area contributed by atoms with Gasteiger partial charge in [-0.15, -0.1) is 0 Å². The first-order valence-corrected chi connectivity index (χ1v) is 9.82. The van der Waals surface area contributed by atoms with Crippen LogP contribution < -0.4 is 9.80 Å². The summed E-state index contributed by atoms with van der Waals surface area (Å²) in [5.74, 6) is -0.789. The lowest BCUT2D eigenvalue weighted by Gasteiger charge is -2.32. The summed E-state index contributed by atoms with van der Waals surface area (Å²) in [5, 5.41) is 0. The van der Waals surface area contributed by atoms with Crippen LogP contribution in [0.4, 0.5) is 11.4 Å². The first kappa shape index (κ1) is 15.3. The molecule has 0 amide bonds. The first-order chi connectivity index (χ1) is 13.5. The molecule has 4 atom stereocenters. The molecule has 2 aliphatic heterocycles. The fraction of sp³-hybridized carbons (Fsp3) is 0.280. The van der Waals surface area contributed by atoms with Crippen LogP contribution in [0.3, 0.4) is 0 Å². The Labute approximate surface area is 163 Å². The zero-order chi connectivity index (χ0) is 19.5. The van der Waals surface area contributed by atoms with Crippen LogP contribution in [0.1, 0.15) is 37.8 Å². The Morgan fingerprint density at radius 1 is 0.741 bits per heavy atom. The van der Waals surface area contributed by atoms with Crippen molar-refractivity contribution in [3.05, 3.63) is 95.6 Å². The molecule has 2 heterocycles. The topological polar surface area (TPSA) is 6.48 Å². The highest BCUT2D eigenvalue weighted by molar-refractivity contribution is 5.71. The second-order valence-corrected chi connectivity index (χ2v) is 7.72. The lowest BCUT2D eigenvalue weighted by molar-refractivity contribution is 0.568.